The van der Waals surface area contributed by atoms with Gasteiger partial charge in [-0.2, -0.15) is 0 Å². The average Bonchev–Trinajstić information content (AvgIpc) is 2.57. The van der Waals surface area contributed by atoms with Gasteiger partial charge in [0.2, 0.25) is 0 Å². The van der Waals surface area contributed by atoms with Crippen LogP contribution in [0.25, 0.3) is 0 Å². The maximum atomic E-state index is 11.8. The summed E-state index contributed by atoms with van der Waals surface area (Å²) in [5.41, 5.74) is 0.670. The predicted octanol–water partition coefficient (Wildman–Crippen LogP) is 1.45. The lowest BCUT2D eigenvalue weighted by molar-refractivity contribution is -0.123. The second-order valence-corrected chi connectivity index (χ2v) is 4.45. The second-order valence-electron chi connectivity index (χ2n) is 4.45. The van der Waals surface area contributed by atoms with Crippen LogP contribution >= 0.6 is 0 Å². The van der Waals surface area contributed by atoms with Crippen molar-refractivity contribution in [3.05, 3.63) is 29.3 Å². The Balaban J connectivity index is 2.37. The number of carbonyl (C=O) groups excluding carboxylic acids is 2. The lowest BCUT2D eigenvalue weighted by Crippen LogP contribution is -2.40. The number of ether oxygens (including phenoxy) is 1. The molecule has 1 atom stereocenters. The number of carbonyl (C=O) groups is 2. The molecule has 96 valence electrons. The predicted molar refractivity (Wildman–Crippen MR) is 66.4 cm³/mol. The fourth-order valence-electron chi connectivity index (χ4n) is 2.02. The van der Waals surface area contributed by atoms with Crippen LogP contribution < -0.4 is 15.4 Å². The van der Waals surface area contributed by atoms with Gasteiger partial charge in [-0.15, -0.1) is 0 Å². The van der Waals surface area contributed by atoms with Gasteiger partial charge in [0.15, 0.2) is 0 Å². The van der Waals surface area contributed by atoms with E-state index in [0.717, 1.165) is 16.9 Å². The normalized spacial score (nSPS) is 22.6. The van der Waals surface area contributed by atoms with Gasteiger partial charge in [0, 0.05) is 0 Å². The van der Waals surface area contributed by atoms with Crippen molar-refractivity contribution in [3.8, 4) is 5.75 Å². The molecule has 1 saturated heterocycles. The van der Waals surface area contributed by atoms with Crippen LogP contribution in [0.2, 0.25) is 0 Å². The highest BCUT2D eigenvalue weighted by Gasteiger charge is 2.43. The number of benzene rings is 1. The third-order valence-corrected chi connectivity index (χ3v) is 3.10. The molecular formula is C13H16N2O3. The fraction of sp³-hybridized carbons (Fsp3) is 0.385. The highest BCUT2D eigenvalue weighted by molar-refractivity contribution is 6.07. The maximum absolute atomic E-state index is 11.8. The van der Waals surface area contributed by atoms with Crippen molar-refractivity contribution in [3.63, 3.8) is 0 Å². The molecule has 1 aromatic rings. The number of rotatable bonds is 3. The fourth-order valence-corrected chi connectivity index (χ4v) is 2.02. The summed E-state index contributed by atoms with van der Waals surface area (Å²) in [6.45, 7) is 6.10. The Labute approximate surface area is 106 Å². The number of aryl methyl sites for hydroxylation is 1. The molecule has 1 heterocycles. The summed E-state index contributed by atoms with van der Waals surface area (Å²) >= 11 is 0. The van der Waals surface area contributed by atoms with Crippen LogP contribution in [0.15, 0.2) is 18.2 Å². The van der Waals surface area contributed by atoms with Gasteiger partial charge < -0.3 is 10.1 Å². The van der Waals surface area contributed by atoms with E-state index in [1.54, 1.807) is 13.0 Å². The molecule has 1 aliphatic rings. The van der Waals surface area contributed by atoms with E-state index < -0.39 is 11.6 Å². The SMILES string of the molecule is CCOc1ccc(C2(C)NC(=O)NC2=O)cc1C. The van der Waals surface area contributed by atoms with Crippen LogP contribution in [0, 0.1) is 6.92 Å². The van der Waals surface area contributed by atoms with E-state index in [-0.39, 0.29) is 5.91 Å². The first-order valence-electron chi connectivity index (χ1n) is 5.85. The number of amides is 3. The quantitative estimate of drug-likeness (QED) is 0.795. The first kappa shape index (κ1) is 12.4. The van der Waals surface area contributed by atoms with E-state index >= 15 is 0 Å². The van der Waals surface area contributed by atoms with Crippen LogP contribution in [0.5, 0.6) is 5.75 Å². The minimum absolute atomic E-state index is 0.337. The minimum atomic E-state index is -1.01. The maximum Gasteiger partial charge on any atom is 0.322 e. The van der Waals surface area contributed by atoms with E-state index in [9.17, 15) is 9.59 Å². The molecule has 5 nitrogen and oxygen atoms in total. The van der Waals surface area contributed by atoms with E-state index in [0.29, 0.717) is 6.61 Å². The Hall–Kier alpha value is -2.04. The standard InChI is InChI=1S/C13H16N2O3/c1-4-18-10-6-5-9(7-8(10)2)13(3)11(16)14-12(17)15-13/h5-7H,4H2,1-3H3,(H2,14,15,16,17). The Kier molecular flexibility index (Phi) is 2.98. The molecule has 1 unspecified atom stereocenters. The summed E-state index contributed by atoms with van der Waals surface area (Å²) in [6, 6.07) is 5.00. The van der Waals surface area contributed by atoms with Gasteiger partial charge in [0.25, 0.3) is 5.91 Å². The molecular weight excluding hydrogens is 232 g/mol. The summed E-state index contributed by atoms with van der Waals surface area (Å²) < 4.78 is 5.45. The van der Waals surface area contributed by atoms with E-state index in [1.165, 1.54) is 0 Å². The van der Waals surface area contributed by atoms with Gasteiger partial charge in [-0.05, 0) is 44.0 Å². The Bertz CT molecular complexity index is 513. The van der Waals surface area contributed by atoms with Crippen molar-refractivity contribution in [1.29, 1.82) is 0 Å². The monoisotopic (exact) mass is 248 g/mol. The second kappa shape index (κ2) is 4.33. The highest BCUT2D eigenvalue weighted by Crippen LogP contribution is 2.28. The first-order chi connectivity index (χ1) is 8.47. The van der Waals surface area contributed by atoms with Crippen LogP contribution in [0.1, 0.15) is 25.0 Å². The number of nitrogens with one attached hydrogen (secondary N) is 2. The highest BCUT2D eigenvalue weighted by atomic mass is 16.5. The Morgan fingerprint density at radius 3 is 2.56 bits per heavy atom. The van der Waals surface area contributed by atoms with Crippen LogP contribution in [0.4, 0.5) is 4.79 Å². The zero-order valence-electron chi connectivity index (χ0n) is 10.7. The summed E-state index contributed by atoms with van der Waals surface area (Å²) in [6.07, 6.45) is 0. The van der Waals surface area contributed by atoms with E-state index in [1.807, 2.05) is 26.0 Å². The van der Waals surface area contributed by atoms with Crippen molar-refractivity contribution in [2.75, 3.05) is 6.61 Å². The molecule has 0 spiro atoms. The van der Waals surface area contributed by atoms with Gasteiger partial charge in [-0.3, -0.25) is 10.1 Å². The largest absolute Gasteiger partial charge is 0.494 e. The van der Waals surface area contributed by atoms with Crippen molar-refractivity contribution >= 4 is 11.9 Å². The van der Waals surface area contributed by atoms with E-state index in [4.69, 9.17) is 4.74 Å². The van der Waals surface area contributed by atoms with Crippen molar-refractivity contribution in [2.24, 2.45) is 0 Å². The number of hydrogen-bond acceptors (Lipinski definition) is 3. The Morgan fingerprint density at radius 1 is 1.33 bits per heavy atom. The molecule has 1 fully saturated rings. The molecule has 5 heteroatoms. The summed E-state index contributed by atoms with van der Waals surface area (Å²) in [5.74, 6) is 0.450. The van der Waals surface area contributed by atoms with Gasteiger partial charge in [0.1, 0.15) is 11.3 Å². The lowest BCUT2D eigenvalue weighted by atomic mass is 9.91. The molecule has 18 heavy (non-hydrogen) atoms. The molecule has 1 aliphatic heterocycles. The lowest BCUT2D eigenvalue weighted by Gasteiger charge is -2.22. The molecule has 2 N–H and O–H groups in total. The van der Waals surface area contributed by atoms with Crippen molar-refractivity contribution < 1.29 is 14.3 Å². The Morgan fingerprint density at radius 2 is 2.06 bits per heavy atom. The third-order valence-electron chi connectivity index (χ3n) is 3.10. The minimum Gasteiger partial charge on any atom is -0.494 e. The first-order valence-corrected chi connectivity index (χ1v) is 5.85. The topological polar surface area (TPSA) is 67.4 Å². The summed E-state index contributed by atoms with van der Waals surface area (Å²) in [5, 5.41) is 4.88. The third kappa shape index (κ3) is 1.92. The molecule has 0 aliphatic carbocycles. The zero-order valence-corrected chi connectivity index (χ0v) is 10.7. The van der Waals surface area contributed by atoms with Gasteiger partial charge in [-0.1, -0.05) is 6.07 Å². The molecule has 1 aromatic carbocycles. The molecule has 0 aromatic heterocycles. The van der Waals surface area contributed by atoms with Crippen LogP contribution in [0.3, 0.4) is 0 Å². The van der Waals surface area contributed by atoms with Crippen molar-refractivity contribution in [2.45, 2.75) is 26.3 Å². The summed E-state index contributed by atoms with van der Waals surface area (Å²) in [4.78, 5) is 23.0. The molecule has 0 bridgehead atoms. The number of urea groups is 1. The molecule has 3 amide bonds. The zero-order chi connectivity index (χ0) is 13.3. The number of imide groups is 1. The van der Waals surface area contributed by atoms with Gasteiger partial charge in [0.05, 0.1) is 6.61 Å². The smallest absolute Gasteiger partial charge is 0.322 e. The number of hydrogen-bond donors (Lipinski definition) is 2. The molecule has 0 saturated carbocycles. The molecule has 0 radical (unpaired) electrons. The average molecular weight is 248 g/mol. The van der Waals surface area contributed by atoms with E-state index in [2.05, 4.69) is 10.6 Å². The van der Waals surface area contributed by atoms with Gasteiger partial charge >= 0.3 is 6.03 Å². The molecule has 2 rings (SSSR count). The van der Waals surface area contributed by atoms with Crippen molar-refractivity contribution in [1.82, 2.24) is 10.6 Å². The van der Waals surface area contributed by atoms with Crippen LogP contribution in [-0.2, 0) is 10.3 Å². The van der Waals surface area contributed by atoms with Gasteiger partial charge in [-0.25, -0.2) is 4.79 Å². The van der Waals surface area contributed by atoms with Crippen LogP contribution in [-0.4, -0.2) is 18.5 Å². The summed E-state index contributed by atoms with van der Waals surface area (Å²) in [7, 11) is 0.